The third-order valence-corrected chi connectivity index (χ3v) is 3.57. The molecule has 0 bridgehead atoms. The maximum atomic E-state index is 12.3. The van der Waals surface area contributed by atoms with Crippen molar-refractivity contribution in [3.8, 4) is 5.75 Å². The van der Waals surface area contributed by atoms with E-state index in [1.807, 2.05) is 0 Å². The number of amides is 1. The Bertz CT molecular complexity index is 827. The van der Waals surface area contributed by atoms with E-state index in [2.05, 4.69) is 5.32 Å². The molecule has 126 valence electrons. The number of aryl methyl sites for hydroxylation is 1. The summed E-state index contributed by atoms with van der Waals surface area (Å²) in [5, 5.41) is 13.6. The molecular weight excluding hydrogens is 314 g/mol. The van der Waals surface area contributed by atoms with Crippen molar-refractivity contribution < 1.29 is 14.5 Å². The van der Waals surface area contributed by atoms with Crippen LogP contribution in [0.25, 0.3) is 0 Å². The predicted octanol–water partition coefficient (Wildman–Crippen LogP) is 2.27. The Morgan fingerprint density at radius 3 is 2.50 bits per heavy atom. The Hall–Kier alpha value is -3.16. The highest BCUT2D eigenvalue weighted by Gasteiger charge is 2.20. The standard InChI is InChI=1S/C16H17N3O5/c1-10-8-13(19(22)23)9-18(16(10)21)11(2)15(20)17-12-4-6-14(24-3)7-5-12/h4-9,11H,1-3H3,(H,17,20). The van der Waals surface area contributed by atoms with Crippen molar-refractivity contribution in [3.05, 3.63) is 62.6 Å². The van der Waals surface area contributed by atoms with Gasteiger partial charge >= 0.3 is 0 Å². The van der Waals surface area contributed by atoms with E-state index in [0.717, 1.165) is 10.8 Å². The zero-order chi connectivity index (χ0) is 17.9. The fraction of sp³-hybridized carbons (Fsp3) is 0.250. The molecule has 1 aromatic carbocycles. The molecule has 1 atom stereocenters. The smallest absolute Gasteiger partial charge is 0.286 e. The van der Waals surface area contributed by atoms with Crippen LogP contribution in [-0.4, -0.2) is 22.5 Å². The van der Waals surface area contributed by atoms with Crippen LogP contribution in [0.3, 0.4) is 0 Å². The van der Waals surface area contributed by atoms with Crippen molar-refractivity contribution in [2.45, 2.75) is 19.9 Å². The van der Waals surface area contributed by atoms with Gasteiger partial charge in [0.05, 0.1) is 18.2 Å². The van der Waals surface area contributed by atoms with E-state index >= 15 is 0 Å². The van der Waals surface area contributed by atoms with E-state index in [0.29, 0.717) is 11.4 Å². The third-order valence-electron chi connectivity index (χ3n) is 3.57. The molecule has 0 aliphatic carbocycles. The minimum Gasteiger partial charge on any atom is -0.497 e. The molecule has 1 N–H and O–H groups in total. The Morgan fingerprint density at radius 2 is 1.96 bits per heavy atom. The first kappa shape index (κ1) is 17.2. The number of hydrogen-bond donors (Lipinski definition) is 1. The van der Waals surface area contributed by atoms with Crippen LogP contribution in [0.1, 0.15) is 18.5 Å². The molecule has 24 heavy (non-hydrogen) atoms. The summed E-state index contributed by atoms with van der Waals surface area (Å²) in [6.45, 7) is 2.98. The first-order valence-corrected chi connectivity index (χ1v) is 7.15. The highest BCUT2D eigenvalue weighted by atomic mass is 16.6. The van der Waals surface area contributed by atoms with E-state index in [9.17, 15) is 19.7 Å². The molecule has 8 heteroatoms. The molecule has 0 spiro atoms. The average molecular weight is 331 g/mol. The number of carbonyl (C=O) groups excluding carboxylic acids is 1. The summed E-state index contributed by atoms with van der Waals surface area (Å²) in [6, 6.07) is 6.97. The second kappa shape index (κ2) is 6.95. The molecule has 1 unspecified atom stereocenters. The Kier molecular flexibility index (Phi) is 4.98. The van der Waals surface area contributed by atoms with Gasteiger partial charge in [-0.25, -0.2) is 0 Å². The number of ether oxygens (including phenoxy) is 1. The molecule has 0 fully saturated rings. The van der Waals surface area contributed by atoms with Crippen LogP contribution in [0.4, 0.5) is 11.4 Å². The molecule has 2 aromatic rings. The first-order chi connectivity index (χ1) is 11.3. The van der Waals surface area contributed by atoms with Gasteiger partial charge in [0.2, 0.25) is 5.91 Å². The summed E-state index contributed by atoms with van der Waals surface area (Å²) in [7, 11) is 1.53. The van der Waals surface area contributed by atoms with Gasteiger partial charge in [-0.3, -0.25) is 24.3 Å². The van der Waals surface area contributed by atoms with Crippen molar-refractivity contribution in [1.29, 1.82) is 0 Å². The maximum absolute atomic E-state index is 12.3. The lowest BCUT2D eigenvalue weighted by atomic mass is 10.2. The molecule has 0 radical (unpaired) electrons. The zero-order valence-corrected chi connectivity index (χ0v) is 13.5. The lowest BCUT2D eigenvalue weighted by Crippen LogP contribution is -2.32. The number of methoxy groups -OCH3 is 1. The Labute approximate surface area is 137 Å². The summed E-state index contributed by atoms with van der Waals surface area (Å²) in [4.78, 5) is 34.8. The number of nitro groups is 1. The Morgan fingerprint density at radius 1 is 1.33 bits per heavy atom. The van der Waals surface area contributed by atoms with E-state index in [-0.39, 0.29) is 11.3 Å². The van der Waals surface area contributed by atoms with Crippen LogP contribution in [0.5, 0.6) is 5.75 Å². The van der Waals surface area contributed by atoms with Gasteiger partial charge in [-0.05, 0) is 38.1 Å². The number of rotatable bonds is 5. The monoisotopic (exact) mass is 331 g/mol. The van der Waals surface area contributed by atoms with Crippen molar-refractivity contribution >= 4 is 17.3 Å². The molecule has 0 aliphatic heterocycles. The van der Waals surface area contributed by atoms with Gasteiger partial charge in [0.25, 0.3) is 11.2 Å². The van der Waals surface area contributed by atoms with Crippen LogP contribution in [-0.2, 0) is 4.79 Å². The molecular formula is C16H17N3O5. The summed E-state index contributed by atoms with van der Waals surface area (Å²) >= 11 is 0. The SMILES string of the molecule is COc1ccc(NC(=O)C(C)n2cc([N+](=O)[O-])cc(C)c2=O)cc1. The highest BCUT2D eigenvalue weighted by Crippen LogP contribution is 2.18. The van der Waals surface area contributed by atoms with Crippen molar-refractivity contribution in [3.63, 3.8) is 0 Å². The molecule has 2 rings (SSSR count). The number of carbonyl (C=O) groups is 1. The largest absolute Gasteiger partial charge is 0.497 e. The molecule has 0 saturated carbocycles. The quantitative estimate of drug-likeness (QED) is 0.668. The number of aromatic nitrogens is 1. The summed E-state index contributed by atoms with van der Waals surface area (Å²) in [5.41, 5.74) is 0.0466. The van der Waals surface area contributed by atoms with Crippen molar-refractivity contribution in [2.24, 2.45) is 0 Å². The molecule has 1 amide bonds. The molecule has 1 heterocycles. The van der Waals surface area contributed by atoms with Gasteiger partial charge in [-0.2, -0.15) is 0 Å². The predicted molar refractivity (Wildman–Crippen MR) is 88.4 cm³/mol. The van der Waals surface area contributed by atoms with E-state index in [1.54, 1.807) is 24.3 Å². The fourth-order valence-corrected chi connectivity index (χ4v) is 2.16. The summed E-state index contributed by atoms with van der Waals surface area (Å²) < 4.78 is 6.10. The number of anilines is 1. The second-order valence-corrected chi connectivity index (χ2v) is 5.24. The lowest BCUT2D eigenvalue weighted by Gasteiger charge is -2.15. The van der Waals surface area contributed by atoms with Crippen molar-refractivity contribution in [1.82, 2.24) is 4.57 Å². The van der Waals surface area contributed by atoms with Crippen LogP contribution in [0, 0.1) is 17.0 Å². The van der Waals surface area contributed by atoms with Gasteiger partial charge in [0, 0.05) is 17.3 Å². The number of benzene rings is 1. The van der Waals surface area contributed by atoms with E-state index in [4.69, 9.17) is 4.74 Å². The maximum Gasteiger partial charge on any atom is 0.286 e. The second-order valence-electron chi connectivity index (χ2n) is 5.24. The minimum absolute atomic E-state index is 0.202. The van der Waals surface area contributed by atoms with Gasteiger partial charge < -0.3 is 10.1 Å². The first-order valence-electron chi connectivity index (χ1n) is 7.15. The highest BCUT2D eigenvalue weighted by molar-refractivity contribution is 5.93. The third kappa shape index (κ3) is 3.60. The molecule has 0 aliphatic rings. The number of nitrogens with zero attached hydrogens (tertiary/aromatic N) is 2. The van der Waals surface area contributed by atoms with Crippen LogP contribution in [0.15, 0.2) is 41.3 Å². The molecule has 1 aromatic heterocycles. The fourth-order valence-electron chi connectivity index (χ4n) is 2.16. The number of nitrogens with one attached hydrogen (secondary N) is 1. The van der Waals surface area contributed by atoms with Crippen LogP contribution >= 0.6 is 0 Å². The Balaban J connectivity index is 2.26. The number of hydrogen-bond acceptors (Lipinski definition) is 5. The van der Waals surface area contributed by atoms with Gasteiger partial charge in [-0.1, -0.05) is 0 Å². The van der Waals surface area contributed by atoms with E-state index < -0.39 is 22.4 Å². The molecule has 8 nitrogen and oxygen atoms in total. The summed E-state index contributed by atoms with van der Waals surface area (Å²) in [5.74, 6) is 0.189. The van der Waals surface area contributed by atoms with Gasteiger partial charge in [0.15, 0.2) is 0 Å². The van der Waals surface area contributed by atoms with Crippen molar-refractivity contribution in [2.75, 3.05) is 12.4 Å². The summed E-state index contributed by atoms with van der Waals surface area (Å²) in [6.07, 6.45) is 1.08. The topological polar surface area (TPSA) is 103 Å². The molecule has 0 saturated heterocycles. The van der Waals surface area contributed by atoms with Crippen LogP contribution in [0.2, 0.25) is 0 Å². The normalized spacial score (nSPS) is 11.6. The van der Waals surface area contributed by atoms with Crippen LogP contribution < -0.4 is 15.6 Å². The zero-order valence-electron chi connectivity index (χ0n) is 13.5. The van der Waals surface area contributed by atoms with E-state index in [1.165, 1.54) is 27.0 Å². The van der Waals surface area contributed by atoms with Gasteiger partial charge in [-0.15, -0.1) is 0 Å². The van der Waals surface area contributed by atoms with Gasteiger partial charge in [0.1, 0.15) is 11.8 Å². The lowest BCUT2D eigenvalue weighted by molar-refractivity contribution is -0.385. The average Bonchev–Trinajstić information content (AvgIpc) is 2.57. The number of pyridine rings is 1. The minimum atomic E-state index is -0.904.